The van der Waals surface area contributed by atoms with E-state index in [0.29, 0.717) is 36.0 Å². The Morgan fingerprint density at radius 3 is 2.54 bits per heavy atom. The number of pyridine rings is 1. The van der Waals surface area contributed by atoms with Crippen LogP contribution < -0.4 is 20.1 Å². The molecule has 26 heavy (non-hydrogen) atoms. The van der Waals surface area contributed by atoms with E-state index in [9.17, 15) is 4.79 Å². The Balaban J connectivity index is 1.88. The molecule has 0 spiro atoms. The molecule has 1 aromatic heterocycles. The molecule has 2 rings (SSSR count). The fourth-order valence-corrected chi connectivity index (χ4v) is 2.49. The molecule has 0 unspecified atom stereocenters. The predicted molar refractivity (Wildman–Crippen MR) is 103 cm³/mol. The number of anilines is 1. The van der Waals surface area contributed by atoms with Crippen molar-refractivity contribution in [1.82, 2.24) is 10.3 Å². The van der Waals surface area contributed by atoms with Gasteiger partial charge in [0.1, 0.15) is 5.82 Å². The van der Waals surface area contributed by atoms with Crippen LogP contribution >= 0.6 is 0 Å². The van der Waals surface area contributed by atoms with E-state index in [4.69, 9.17) is 9.47 Å². The largest absolute Gasteiger partial charge is 0.493 e. The van der Waals surface area contributed by atoms with E-state index >= 15 is 0 Å². The Bertz CT molecular complexity index is 702. The lowest BCUT2D eigenvalue weighted by molar-refractivity contribution is 0.0952. The molecule has 1 aromatic carbocycles. The quantitative estimate of drug-likeness (QED) is 0.635. The number of amides is 1. The number of aromatic nitrogens is 1. The van der Waals surface area contributed by atoms with Crippen molar-refractivity contribution >= 4 is 11.7 Å². The molecule has 2 aromatic rings. The Morgan fingerprint density at radius 2 is 1.88 bits per heavy atom. The van der Waals surface area contributed by atoms with Crippen LogP contribution in [0.4, 0.5) is 5.82 Å². The number of hydrogen-bond donors (Lipinski definition) is 2. The highest BCUT2D eigenvalue weighted by atomic mass is 16.5. The third-order valence-electron chi connectivity index (χ3n) is 4.01. The zero-order valence-corrected chi connectivity index (χ0v) is 15.7. The topological polar surface area (TPSA) is 72.5 Å². The zero-order chi connectivity index (χ0) is 18.8. The lowest BCUT2D eigenvalue weighted by Gasteiger charge is -2.11. The molecule has 6 nitrogen and oxygen atoms in total. The van der Waals surface area contributed by atoms with Crippen molar-refractivity contribution in [2.24, 2.45) is 0 Å². The number of hydrogen-bond acceptors (Lipinski definition) is 5. The van der Waals surface area contributed by atoms with Crippen molar-refractivity contribution in [1.29, 1.82) is 0 Å². The monoisotopic (exact) mass is 357 g/mol. The molecular formula is C20H27N3O3. The predicted octanol–water partition coefficient (Wildman–Crippen LogP) is 3.63. The Hall–Kier alpha value is -2.76. The molecule has 2 N–H and O–H groups in total. The summed E-state index contributed by atoms with van der Waals surface area (Å²) in [6, 6.07) is 9.34. The summed E-state index contributed by atoms with van der Waals surface area (Å²) in [4.78, 5) is 16.3. The number of carbonyl (C=O) groups is 1. The van der Waals surface area contributed by atoms with E-state index in [1.165, 1.54) is 0 Å². The average Bonchev–Trinajstić information content (AvgIpc) is 2.69. The molecule has 6 heteroatoms. The SMILES string of the molecule is CCCCCNC(=O)c1ccc(NCc2ccc(OC)c(OC)c2)nc1. The molecule has 0 saturated heterocycles. The first-order chi connectivity index (χ1) is 12.7. The molecule has 1 amide bonds. The normalized spacial score (nSPS) is 10.3. The van der Waals surface area contributed by atoms with E-state index in [1.54, 1.807) is 26.5 Å². The summed E-state index contributed by atoms with van der Waals surface area (Å²) >= 11 is 0. The van der Waals surface area contributed by atoms with Gasteiger partial charge in [-0.2, -0.15) is 0 Å². The highest BCUT2D eigenvalue weighted by Crippen LogP contribution is 2.27. The van der Waals surface area contributed by atoms with Crippen LogP contribution in [0.5, 0.6) is 11.5 Å². The van der Waals surface area contributed by atoms with Crippen LogP contribution in [0.25, 0.3) is 0 Å². The van der Waals surface area contributed by atoms with Gasteiger partial charge in [-0.3, -0.25) is 4.79 Å². The van der Waals surface area contributed by atoms with Crippen LogP contribution in [-0.4, -0.2) is 31.7 Å². The van der Waals surface area contributed by atoms with Crippen LogP contribution in [0, 0.1) is 0 Å². The van der Waals surface area contributed by atoms with Crippen LogP contribution in [-0.2, 0) is 6.54 Å². The molecule has 1 heterocycles. The van der Waals surface area contributed by atoms with Crippen molar-refractivity contribution in [2.45, 2.75) is 32.7 Å². The Kier molecular flexibility index (Phi) is 7.74. The van der Waals surface area contributed by atoms with E-state index in [-0.39, 0.29) is 5.91 Å². The molecular weight excluding hydrogens is 330 g/mol. The second kappa shape index (κ2) is 10.3. The number of rotatable bonds is 10. The lowest BCUT2D eigenvalue weighted by atomic mass is 10.2. The Labute approximate surface area is 154 Å². The van der Waals surface area contributed by atoms with Gasteiger partial charge in [0.2, 0.25) is 0 Å². The van der Waals surface area contributed by atoms with Gasteiger partial charge in [0.15, 0.2) is 11.5 Å². The number of nitrogens with one attached hydrogen (secondary N) is 2. The molecule has 0 aliphatic heterocycles. The van der Waals surface area contributed by atoms with E-state index in [2.05, 4.69) is 22.5 Å². The molecule has 0 bridgehead atoms. The summed E-state index contributed by atoms with van der Waals surface area (Å²) in [5, 5.41) is 6.15. The number of unbranched alkanes of at least 4 members (excludes halogenated alkanes) is 2. The molecule has 0 aliphatic rings. The van der Waals surface area contributed by atoms with Gasteiger partial charge in [0, 0.05) is 19.3 Å². The maximum atomic E-state index is 12.0. The third kappa shape index (κ3) is 5.65. The summed E-state index contributed by atoms with van der Waals surface area (Å²) in [6.45, 7) is 3.43. The van der Waals surface area contributed by atoms with Gasteiger partial charge in [-0.15, -0.1) is 0 Å². The van der Waals surface area contributed by atoms with Crippen molar-refractivity contribution in [3.05, 3.63) is 47.7 Å². The van der Waals surface area contributed by atoms with Gasteiger partial charge in [-0.25, -0.2) is 4.98 Å². The van der Waals surface area contributed by atoms with Gasteiger partial charge in [0.05, 0.1) is 19.8 Å². The number of benzene rings is 1. The second-order valence-electron chi connectivity index (χ2n) is 5.94. The summed E-state index contributed by atoms with van der Waals surface area (Å²) in [6.07, 6.45) is 4.85. The van der Waals surface area contributed by atoms with Crippen molar-refractivity contribution in [2.75, 3.05) is 26.1 Å². The molecule has 0 atom stereocenters. The zero-order valence-electron chi connectivity index (χ0n) is 15.7. The standard InChI is InChI=1S/C20H27N3O3/c1-4-5-6-11-21-20(24)16-8-10-19(23-14-16)22-13-15-7-9-17(25-2)18(12-15)26-3/h7-10,12,14H,4-6,11,13H2,1-3H3,(H,21,24)(H,22,23). The van der Waals surface area contributed by atoms with Gasteiger partial charge in [-0.05, 0) is 36.2 Å². The Morgan fingerprint density at radius 1 is 1.08 bits per heavy atom. The van der Waals surface area contributed by atoms with E-state index in [1.807, 2.05) is 24.3 Å². The minimum Gasteiger partial charge on any atom is -0.493 e. The van der Waals surface area contributed by atoms with Gasteiger partial charge < -0.3 is 20.1 Å². The van der Waals surface area contributed by atoms with Crippen molar-refractivity contribution in [3.63, 3.8) is 0 Å². The molecule has 0 radical (unpaired) electrons. The van der Waals surface area contributed by atoms with Crippen LogP contribution in [0.3, 0.4) is 0 Å². The minimum atomic E-state index is -0.0833. The van der Waals surface area contributed by atoms with Crippen molar-refractivity contribution < 1.29 is 14.3 Å². The summed E-state index contributed by atoms with van der Waals surface area (Å²) in [5.41, 5.74) is 1.61. The van der Waals surface area contributed by atoms with Crippen LogP contribution in [0.1, 0.15) is 42.1 Å². The highest BCUT2D eigenvalue weighted by molar-refractivity contribution is 5.94. The molecule has 0 saturated carbocycles. The smallest absolute Gasteiger partial charge is 0.252 e. The van der Waals surface area contributed by atoms with Crippen LogP contribution in [0.2, 0.25) is 0 Å². The third-order valence-corrected chi connectivity index (χ3v) is 4.01. The lowest BCUT2D eigenvalue weighted by Crippen LogP contribution is -2.24. The van der Waals surface area contributed by atoms with E-state index < -0.39 is 0 Å². The van der Waals surface area contributed by atoms with E-state index in [0.717, 1.165) is 24.8 Å². The fraction of sp³-hybridized carbons (Fsp3) is 0.400. The average molecular weight is 357 g/mol. The van der Waals surface area contributed by atoms with Crippen LogP contribution in [0.15, 0.2) is 36.5 Å². The number of ether oxygens (including phenoxy) is 2. The maximum Gasteiger partial charge on any atom is 0.252 e. The number of methoxy groups -OCH3 is 2. The highest BCUT2D eigenvalue weighted by Gasteiger charge is 2.07. The number of nitrogens with zero attached hydrogens (tertiary/aromatic N) is 1. The summed E-state index contributed by atoms with van der Waals surface area (Å²) < 4.78 is 10.5. The van der Waals surface area contributed by atoms with Gasteiger partial charge in [-0.1, -0.05) is 25.8 Å². The fourth-order valence-electron chi connectivity index (χ4n) is 2.49. The maximum absolute atomic E-state index is 12.0. The van der Waals surface area contributed by atoms with Gasteiger partial charge in [0.25, 0.3) is 5.91 Å². The minimum absolute atomic E-state index is 0.0833. The second-order valence-corrected chi connectivity index (χ2v) is 5.94. The summed E-state index contributed by atoms with van der Waals surface area (Å²) in [7, 11) is 3.23. The molecule has 0 aliphatic carbocycles. The van der Waals surface area contributed by atoms with Gasteiger partial charge >= 0.3 is 0 Å². The number of carbonyl (C=O) groups excluding carboxylic acids is 1. The first-order valence-electron chi connectivity index (χ1n) is 8.87. The molecule has 0 fully saturated rings. The molecule has 140 valence electrons. The van der Waals surface area contributed by atoms with Crippen molar-refractivity contribution in [3.8, 4) is 11.5 Å². The first kappa shape index (κ1) is 19.6. The first-order valence-corrected chi connectivity index (χ1v) is 8.87. The summed E-state index contributed by atoms with van der Waals surface area (Å²) in [5.74, 6) is 2.01.